The molecule has 162 valence electrons. The Kier molecular flexibility index (Phi) is 6.92. The Morgan fingerprint density at radius 1 is 1.27 bits per heavy atom. The number of nitrogens with zero attached hydrogens (tertiary/aromatic N) is 4. The predicted octanol–water partition coefficient (Wildman–Crippen LogP) is 2.09. The molecule has 1 saturated heterocycles. The lowest BCUT2D eigenvalue weighted by Gasteiger charge is -2.31. The molecule has 0 N–H and O–H groups in total. The minimum Gasteiger partial charge on any atom is -0.456 e. The topological polar surface area (TPSA) is 91.7 Å². The molecule has 10 heteroatoms. The molecule has 0 saturated carbocycles. The van der Waals surface area contributed by atoms with E-state index < -0.39 is 5.97 Å². The molecule has 0 aliphatic carbocycles. The number of carbonyl (C=O) groups is 3. The summed E-state index contributed by atoms with van der Waals surface area (Å²) in [6.45, 7) is 8.54. The van der Waals surface area contributed by atoms with Gasteiger partial charge in [-0.25, -0.2) is 9.80 Å². The smallest absolute Gasteiger partial charge is 0.414 e. The first kappa shape index (κ1) is 22.0. The fraction of sp³-hybridized carbons (Fsp3) is 0.500. The number of hydrogen-bond donors (Lipinski definition) is 0. The zero-order chi connectivity index (χ0) is 21.8. The summed E-state index contributed by atoms with van der Waals surface area (Å²) in [6, 6.07) is 3.96. The lowest BCUT2D eigenvalue weighted by molar-refractivity contribution is -0.150. The molecule has 1 unspecified atom stereocenters. The lowest BCUT2D eigenvalue weighted by atomic mass is 10.1. The highest BCUT2D eigenvalue weighted by Crippen LogP contribution is 2.32. The van der Waals surface area contributed by atoms with E-state index in [1.807, 2.05) is 30.9 Å². The molecule has 2 atom stereocenters. The molecule has 0 radical (unpaired) electrons. The van der Waals surface area contributed by atoms with Gasteiger partial charge in [0, 0.05) is 31.0 Å². The van der Waals surface area contributed by atoms with E-state index in [1.54, 1.807) is 11.2 Å². The summed E-state index contributed by atoms with van der Waals surface area (Å²) < 4.78 is 10.2. The van der Waals surface area contributed by atoms with Crippen LogP contribution in [0.15, 0.2) is 17.2 Å². The lowest BCUT2D eigenvalue weighted by Crippen LogP contribution is -2.42. The summed E-state index contributed by atoms with van der Waals surface area (Å²) in [5.74, 6) is -0.861. The van der Waals surface area contributed by atoms with Crippen LogP contribution in [0.1, 0.15) is 18.1 Å². The van der Waals surface area contributed by atoms with Crippen molar-refractivity contribution < 1.29 is 23.9 Å². The van der Waals surface area contributed by atoms with Crippen LogP contribution in [0.5, 0.6) is 0 Å². The third-order valence-corrected chi connectivity index (χ3v) is 5.81. The highest BCUT2D eigenvalue weighted by molar-refractivity contribution is 7.37. The summed E-state index contributed by atoms with van der Waals surface area (Å²) >= 11 is 0. The number of amides is 2. The number of hydrogen-bond acceptors (Lipinski definition) is 7. The average molecular weight is 434 g/mol. The number of cyclic esters (lactones) is 1. The summed E-state index contributed by atoms with van der Waals surface area (Å²) in [4.78, 5) is 38.8. The second-order valence-corrected chi connectivity index (χ2v) is 8.44. The molecule has 1 fully saturated rings. The summed E-state index contributed by atoms with van der Waals surface area (Å²) in [7, 11) is 0.741. The van der Waals surface area contributed by atoms with Crippen molar-refractivity contribution in [2.24, 2.45) is 5.10 Å². The molecule has 1 aromatic rings. The minimum absolute atomic E-state index is 0.0501. The highest BCUT2D eigenvalue weighted by atomic mass is 31.1. The van der Waals surface area contributed by atoms with Crippen LogP contribution in [-0.4, -0.2) is 74.5 Å². The van der Waals surface area contributed by atoms with Gasteiger partial charge in [0.05, 0.1) is 13.1 Å². The van der Waals surface area contributed by atoms with Gasteiger partial charge in [-0.3, -0.25) is 14.5 Å². The van der Waals surface area contributed by atoms with Gasteiger partial charge >= 0.3 is 12.1 Å². The van der Waals surface area contributed by atoms with Gasteiger partial charge in [0.15, 0.2) is 6.61 Å². The maximum absolute atomic E-state index is 12.3. The van der Waals surface area contributed by atoms with Gasteiger partial charge in [0.2, 0.25) is 0 Å². The second kappa shape index (κ2) is 9.43. The van der Waals surface area contributed by atoms with Crippen LogP contribution >= 0.6 is 8.58 Å². The predicted molar refractivity (Wildman–Crippen MR) is 117 cm³/mol. The zero-order valence-electron chi connectivity index (χ0n) is 17.7. The Balaban J connectivity index is 1.72. The van der Waals surface area contributed by atoms with Crippen LogP contribution in [0.2, 0.25) is 0 Å². The molecule has 0 bridgehead atoms. The van der Waals surface area contributed by atoms with Crippen LogP contribution in [-0.2, 0) is 19.1 Å². The molecule has 2 heterocycles. The number of rotatable bonds is 6. The number of aryl methyl sites for hydroxylation is 2. The summed E-state index contributed by atoms with van der Waals surface area (Å²) in [5.41, 5.74) is 3.83. The van der Waals surface area contributed by atoms with Crippen LogP contribution in [0, 0.1) is 13.8 Å². The summed E-state index contributed by atoms with van der Waals surface area (Å²) in [6.07, 6.45) is 2.14. The number of hydrazone groups is 1. The fourth-order valence-corrected chi connectivity index (χ4v) is 4.32. The van der Waals surface area contributed by atoms with Crippen molar-refractivity contribution in [3.8, 4) is 0 Å². The van der Waals surface area contributed by atoms with Crippen molar-refractivity contribution >= 4 is 44.3 Å². The molecule has 3 rings (SSSR count). The van der Waals surface area contributed by atoms with Gasteiger partial charge < -0.3 is 14.4 Å². The molecule has 9 nitrogen and oxygen atoms in total. The molecule has 0 aromatic heterocycles. The van der Waals surface area contributed by atoms with Gasteiger partial charge in [-0.1, -0.05) is 0 Å². The molecular formula is C20H27N4O5P. The Morgan fingerprint density at radius 2 is 1.97 bits per heavy atom. The number of benzene rings is 1. The number of carbonyl (C=O) groups excluding carboxylic acids is 3. The van der Waals surface area contributed by atoms with Crippen molar-refractivity contribution in [3.63, 3.8) is 0 Å². The monoisotopic (exact) mass is 434 g/mol. The third kappa shape index (κ3) is 4.90. The Labute approximate surface area is 177 Å². The third-order valence-electron chi connectivity index (χ3n) is 4.95. The van der Waals surface area contributed by atoms with E-state index in [9.17, 15) is 14.4 Å². The first-order valence-electron chi connectivity index (χ1n) is 9.78. The maximum atomic E-state index is 12.3. The van der Waals surface area contributed by atoms with Crippen molar-refractivity contribution in [2.45, 2.75) is 26.9 Å². The Bertz CT molecular complexity index is 852. The van der Waals surface area contributed by atoms with E-state index in [0.29, 0.717) is 19.6 Å². The molecule has 30 heavy (non-hydrogen) atoms. The van der Waals surface area contributed by atoms with Crippen molar-refractivity contribution in [3.05, 3.63) is 23.3 Å². The standard InChI is InChI=1S/C20H27N4O5P/c1-13-7-16(23-9-17(11-30-4)29-20(23)27)8-14(2)19(13)22-5-6-24(21-12-22)18(26)10-28-15(3)25/h7-8,12,17,30H,5-6,9-11H2,1-4H3/t17-/m1/s1. The SMILES string of the molecule is CPC[C@H]1CN(c2cc(C)c(N3C=NN(C(=O)COC(C)=O)CC3)c(C)c2)C(=O)O1. The number of ether oxygens (including phenoxy) is 2. The highest BCUT2D eigenvalue weighted by Gasteiger charge is 2.32. The van der Waals surface area contributed by atoms with Crippen molar-refractivity contribution in [2.75, 3.05) is 48.9 Å². The molecular weight excluding hydrogens is 407 g/mol. The first-order valence-corrected chi connectivity index (χ1v) is 11.5. The Morgan fingerprint density at radius 3 is 2.53 bits per heavy atom. The van der Waals surface area contributed by atoms with E-state index in [-0.39, 0.29) is 24.7 Å². The molecule has 2 aliphatic rings. The van der Waals surface area contributed by atoms with Crippen LogP contribution < -0.4 is 9.80 Å². The largest absolute Gasteiger partial charge is 0.456 e. The van der Waals surface area contributed by atoms with Crippen molar-refractivity contribution in [1.82, 2.24) is 5.01 Å². The van der Waals surface area contributed by atoms with Crippen LogP contribution in [0.4, 0.5) is 16.2 Å². The average Bonchev–Trinajstić information content (AvgIpc) is 3.06. The molecule has 2 aliphatic heterocycles. The van der Waals surface area contributed by atoms with E-state index in [2.05, 4.69) is 11.8 Å². The van der Waals surface area contributed by atoms with Crippen LogP contribution in [0.25, 0.3) is 0 Å². The number of anilines is 2. The quantitative estimate of drug-likeness (QED) is 0.503. The van der Waals surface area contributed by atoms with Gasteiger partial charge in [-0.05, 0) is 43.8 Å². The molecule has 0 spiro atoms. The van der Waals surface area contributed by atoms with Gasteiger partial charge in [0.25, 0.3) is 5.91 Å². The number of esters is 1. The first-order chi connectivity index (χ1) is 14.3. The normalized spacial score (nSPS) is 19.0. The minimum atomic E-state index is -0.499. The van der Waals surface area contributed by atoms with Gasteiger partial charge in [-0.15, -0.1) is 8.58 Å². The van der Waals surface area contributed by atoms with Gasteiger partial charge in [0.1, 0.15) is 12.4 Å². The van der Waals surface area contributed by atoms with Crippen LogP contribution in [0.3, 0.4) is 0 Å². The van der Waals surface area contributed by atoms with Gasteiger partial charge in [-0.2, -0.15) is 5.10 Å². The molecule has 2 amide bonds. The van der Waals surface area contributed by atoms with E-state index in [4.69, 9.17) is 9.47 Å². The van der Waals surface area contributed by atoms with E-state index >= 15 is 0 Å². The van der Waals surface area contributed by atoms with E-state index in [0.717, 1.165) is 37.2 Å². The van der Waals surface area contributed by atoms with E-state index in [1.165, 1.54) is 11.9 Å². The Hall–Kier alpha value is -2.67. The summed E-state index contributed by atoms with van der Waals surface area (Å²) in [5, 5.41) is 5.50. The fourth-order valence-electron chi connectivity index (χ4n) is 3.65. The second-order valence-electron chi connectivity index (χ2n) is 7.32. The maximum Gasteiger partial charge on any atom is 0.414 e. The molecule has 1 aromatic carbocycles. The zero-order valence-corrected chi connectivity index (χ0v) is 18.7. The van der Waals surface area contributed by atoms with Crippen molar-refractivity contribution in [1.29, 1.82) is 0 Å².